The van der Waals surface area contributed by atoms with E-state index in [1.807, 2.05) is 25.1 Å². The molecule has 0 saturated carbocycles. The van der Waals surface area contributed by atoms with Crippen molar-refractivity contribution in [3.05, 3.63) is 57.6 Å². The highest BCUT2D eigenvalue weighted by Gasteiger charge is 2.12. The van der Waals surface area contributed by atoms with Gasteiger partial charge < -0.3 is 14.7 Å². The summed E-state index contributed by atoms with van der Waals surface area (Å²) in [5, 5.41) is 12.6. The van der Waals surface area contributed by atoms with Crippen LogP contribution in [0.4, 0.5) is 0 Å². The molecule has 0 atom stereocenters. The summed E-state index contributed by atoms with van der Waals surface area (Å²) >= 11 is 12.2. The van der Waals surface area contributed by atoms with Gasteiger partial charge in [0, 0.05) is 10.6 Å². The van der Waals surface area contributed by atoms with Gasteiger partial charge in [0.1, 0.15) is 6.61 Å². The lowest BCUT2D eigenvalue weighted by molar-refractivity contribution is 0.269. The number of hydrogen-bond acceptors (Lipinski definition) is 4. The number of oxime groups is 1. The molecule has 0 aliphatic rings. The van der Waals surface area contributed by atoms with E-state index in [9.17, 15) is 0 Å². The fourth-order valence-electron chi connectivity index (χ4n) is 1.91. The Labute approximate surface area is 138 Å². The fraction of sp³-hybridized carbons (Fsp3) is 0.188. The van der Waals surface area contributed by atoms with Crippen LogP contribution >= 0.6 is 23.2 Å². The van der Waals surface area contributed by atoms with Gasteiger partial charge in [-0.15, -0.1) is 0 Å². The predicted octanol–water partition coefficient (Wildman–Crippen LogP) is 4.78. The van der Waals surface area contributed by atoms with Crippen LogP contribution in [0.25, 0.3) is 0 Å². The van der Waals surface area contributed by atoms with Gasteiger partial charge in [-0.1, -0.05) is 40.5 Å². The zero-order valence-electron chi connectivity index (χ0n) is 11.9. The minimum absolute atomic E-state index is 0.313. The number of halogens is 2. The van der Waals surface area contributed by atoms with E-state index in [2.05, 4.69) is 5.16 Å². The first-order chi connectivity index (χ1) is 10.6. The highest BCUT2D eigenvalue weighted by molar-refractivity contribution is 6.32. The predicted molar refractivity (Wildman–Crippen MR) is 87.8 cm³/mol. The molecule has 2 aromatic rings. The van der Waals surface area contributed by atoms with Crippen LogP contribution in [0.2, 0.25) is 10.0 Å². The van der Waals surface area contributed by atoms with E-state index >= 15 is 0 Å². The van der Waals surface area contributed by atoms with Gasteiger partial charge in [0.15, 0.2) is 11.5 Å². The lowest BCUT2D eigenvalue weighted by Crippen LogP contribution is -2.01. The molecule has 0 heterocycles. The molecule has 22 heavy (non-hydrogen) atoms. The molecule has 0 aliphatic heterocycles. The van der Waals surface area contributed by atoms with Gasteiger partial charge in [-0.3, -0.25) is 0 Å². The van der Waals surface area contributed by atoms with Crippen molar-refractivity contribution in [2.24, 2.45) is 5.16 Å². The third-order valence-corrected chi connectivity index (χ3v) is 3.33. The van der Waals surface area contributed by atoms with Gasteiger partial charge in [0.05, 0.1) is 17.8 Å². The highest BCUT2D eigenvalue weighted by atomic mass is 35.5. The summed E-state index contributed by atoms with van der Waals surface area (Å²) in [7, 11) is 0. The molecular formula is C16H15Cl2NO3. The van der Waals surface area contributed by atoms with Crippen molar-refractivity contribution < 1.29 is 14.7 Å². The summed E-state index contributed by atoms with van der Waals surface area (Å²) in [4.78, 5) is 0. The molecule has 0 amide bonds. The quantitative estimate of drug-likeness (QED) is 0.468. The maximum Gasteiger partial charge on any atom is 0.180 e. The van der Waals surface area contributed by atoms with Crippen LogP contribution in [0, 0.1) is 0 Å². The molecular weight excluding hydrogens is 325 g/mol. The van der Waals surface area contributed by atoms with Crippen LogP contribution < -0.4 is 9.47 Å². The topological polar surface area (TPSA) is 51.0 Å². The zero-order valence-corrected chi connectivity index (χ0v) is 13.4. The van der Waals surface area contributed by atoms with Crippen LogP contribution in [0.1, 0.15) is 18.1 Å². The minimum atomic E-state index is 0.313. The van der Waals surface area contributed by atoms with Gasteiger partial charge in [0.2, 0.25) is 0 Å². The van der Waals surface area contributed by atoms with Crippen molar-refractivity contribution in [2.75, 3.05) is 6.61 Å². The Morgan fingerprint density at radius 3 is 2.68 bits per heavy atom. The van der Waals surface area contributed by atoms with E-state index in [1.54, 1.807) is 18.2 Å². The van der Waals surface area contributed by atoms with Gasteiger partial charge in [-0.25, -0.2) is 0 Å². The molecule has 0 radical (unpaired) electrons. The zero-order chi connectivity index (χ0) is 15.9. The first-order valence-corrected chi connectivity index (χ1v) is 7.40. The molecule has 116 valence electrons. The number of hydrogen-bond donors (Lipinski definition) is 1. The Morgan fingerprint density at radius 1 is 1.18 bits per heavy atom. The van der Waals surface area contributed by atoms with Crippen LogP contribution in [-0.4, -0.2) is 18.0 Å². The Morgan fingerprint density at radius 2 is 2.00 bits per heavy atom. The van der Waals surface area contributed by atoms with Gasteiger partial charge in [0.25, 0.3) is 0 Å². The van der Waals surface area contributed by atoms with Crippen LogP contribution in [0.5, 0.6) is 11.5 Å². The lowest BCUT2D eigenvalue weighted by Gasteiger charge is -2.14. The van der Waals surface area contributed by atoms with Gasteiger partial charge >= 0.3 is 0 Å². The summed E-state index contributed by atoms with van der Waals surface area (Å²) < 4.78 is 11.3. The van der Waals surface area contributed by atoms with E-state index in [0.717, 1.165) is 5.56 Å². The van der Waals surface area contributed by atoms with Crippen molar-refractivity contribution in [3.8, 4) is 11.5 Å². The first-order valence-electron chi connectivity index (χ1n) is 6.65. The number of rotatable bonds is 6. The van der Waals surface area contributed by atoms with Gasteiger partial charge in [-0.05, 0) is 36.8 Å². The maximum absolute atomic E-state index is 8.62. The Hall–Kier alpha value is -1.91. The number of ether oxygens (including phenoxy) is 2. The van der Waals surface area contributed by atoms with Crippen molar-refractivity contribution in [2.45, 2.75) is 13.5 Å². The summed E-state index contributed by atoms with van der Waals surface area (Å²) in [6, 6.07) is 10.7. The number of nitrogens with zero attached hydrogens (tertiary/aromatic N) is 1. The average Bonchev–Trinajstić information content (AvgIpc) is 2.47. The molecule has 2 aromatic carbocycles. The summed E-state index contributed by atoms with van der Waals surface area (Å²) in [5.41, 5.74) is 1.54. The molecule has 0 unspecified atom stereocenters. The summed E-state index contributed by atoms with van der Waals surface area (Å²) in [6.45, 7) is 2.64. The molecule has 1 N–H and O–H groups in total. The molecule has 0 bridgehead atoms. The van der Waals surface area contributed by atoms with E-state index in [-0.39, 0.29) is 0 Å². The van der Waals surface area contributed by atoms with Crippen molar-refractivity contribution in [1.29, 1.82) is 0 Å². The maximum atomic E-state index is 8.62. The third-order valence-electron chi connectivity index (χ3n) is 2.81. The molecule has 0 saturated heterocycles. The average molecular weight is 340 g/mol. The Kier molecular flexibility index (Phi) is 5.92. The second-order valence-corrected chi connectivity index (χ2v) is 5.27. The highest BCUT2D eigenvalue weighted by Crippen LogP contribution is 2.37. The standard InChI is InChI=1S/C16H15Cl2NO3/c1-2-21-15-8-12(9-19-20)7-14(18)16(15)22-10-11-4-3-5-13(17)6-11/h3-9,20H,2,10H2,1H3/b19-9-. The molecule has 0 aromatic heterocycles. The Bertz CT molecular complexity index is 674. The SMILES string of the molecule is CCOc1cc(/C=N\O)cc(Cl)c1OCc1cccc(Cl)c1. The second-order valence-electron chi connectivity index (χ2n) is 4.43. The van der Waals surface area contributed by atoms with Crippen LogP contribution in [-0.2, 0) is 6.61 Å². The number of benzene rings is 2. The second kappa shape index (κ2) is 7.92. The first kappa shape index (κ1) is 16.5. The van der Waals surface area contributed by atoms with Crippen molar-refractivity contribution >= 4 is 29.4 Å². The van der Waals surface area contributed by atoms with E-state index in [0.29, 0.717) is 40.3 Å². The van der Waals surface area contributed by atoms with E-state index in [4.69, 9.17) is 37.9 Å². The summed E-state index contributed by atoms with van der Waals surface area (Å²) in [5.74, 6) is 0.936. The largest absolute Gasteiger partial charge is 0.490 e. The van der Waals surface area contributed by atoms with Crippen molar-refractivity contribution in [3.63, 3.8) is 0 Å². The molecule has 0 aliphatic carbocycles. The van der Waals surface area contributed by atoms with Crippen LogP contribution in [0.15, 0.2) is 41.6 Å². The van der Waals surface area contributed by atoms with Crippen molar-refractivity contribution in [1.82, 2.24) is 0 Å². The van der Waals surface area contributed by atoms with Gasteiger partial charge in [-0.2, -0.15) is 0 Å². The fourth-order valence-corrected chi connectivity index (χ4v) is 2.40. The third kappa shape index (κ3) is 4.29. The minimum Gasteiger partial charge on any atom is -0.490 e. The monoisotopic (exact) mass is 339 g/mol. The lowest BCUT2D eigenvalue weighted by atomic mass is 10.2. The smallest absolute Gasteiger partial charge is 0.180 e. The molecule has 4 nitrogen and oxygen atoms in total. The molecule has 6 heteroatoms. The molecule has 0 spiro atoms. The molecule has 0 fully saturated rings. The Balaban J connectivity index is 2.25. The van der Waals surface area contributed by atoms with Crippen LogP contribution in [0.3, 0.4) is 0 Å². The normalized spacial score (nSPS) is 10.9. The molecule has 2 rings (SSSR count). The van der Waals surface area contributed by atoms with E-state index < -0.39 is 0 Å². The van der Waals surface area contributed by atoms with E-state index in [1.165, 1.54) is 6.21 Å². The summed E-state index contributed by atoms with van der Waals surface area (Å²) in [6.07, 6.45) is 1.27.